The van der Waals surface area contributed by atoms with E-state index in [1.807, 2.05) is 0 Å². The van der Waals surface area contributed by atoms with Gasteiger partial charge in [0.15, 0.2) is 0 Å². The number of nitrogens with zero attached hydrogens (tertiary/aromatic N) is 2. The van der Waals surface area contributed by atoms with E-state index in [4.69, 9.17) is 42.1 Å². The number of nitrogens with one attached hydrogen (secondary N) is 2. The third kappa shape index (κ3) is 19.0. The van der Waals surface area contributed by atoms with E-state index in [0.717, 1.165) is 29.2 Å². The Hall–Kier alpha value is -3.32. The summed E-state index contributed by atoms with van der Waals surface area (Å²) in [5.41, 5.74) is -10.4. The summed E-state index contributed by atoms with van der Waals surface area (Å²) in [6.45, 7) is 6.81. The maximum Gasteiger partial charge on any atom is 1.00 e. The van der Waals surface area contributed by atoms with E-state index >= 15 is 0 Å². The minimum atomic E-state index is -5.37. The fourth-order valence-electron chi connectivity index (χ4n) is 2.95. The zero-order valence-electron chi connectivity index (χ0n) is 27.2. The van der Waals surface area contributed by atoms with Crippen LogP contribution in [0.25, 0.3) is 0 Å². The summed E-state index contributed by atoms with van der Waals surface area (Å²) in [6.07, 6.45) is 1.02. The van der Waals surface area contributed by atoms with Crippen molar-refractivity contribution in [1.29, 1.82) is 5.26 Å². The number of rotatable bonds is 12. The largest absolute Gasteiger partial charge is 1.00 e. The zero-order chi connectivity index (χ0) is 39.8. The van der Waals surface area contributed by atoms with E-state index in [0.29, 0.717) is 5.69 Å². The van der Waals surface area contributed by atoms with E-state index in [2.05, 4.69) is 11.9 Å². The van der Waals surface area contributed by atoms with Gasteiger partial charge in [-0.2, -0.15) is 26.3 Å². The second-order valence-corrected chi connectivity index (χ2v) is 12.9. The molecule has 8 N–H and O–H groups in total. The van der Waals surface area contributed by atoms with Gasteiger partial charge in [0.1, 0.15) is 0 Å². The molecule has 52 heavy (non-hydrogen) atoms. The second-order valence-electron chi connectivity index (χ2n) is 9.04. The van der Waals surface area contributed by atoms with Gasteiger partial charge in [0.2, 0.25) is 9.84 Å². The van der Waals surface area contributed by atoms with Crippen LogP contribution in [0.15, 0.2) is 49.1 Å². The SMILES string of the molecule is C=CCNS(=O)(=O)C(F)(F)F.CN(CCS(=O)(=O)C(F)(F)F)c1cc(B(O)O)cc(C(=O)O)c1.CNc1cc(B(O)O)cc(C(=O)O)c1.[B].[C-]#N.[Na+]. The van der Waals surface area contributed by atoms with Gasteiger partial charge in [0.05, 0.1) is 16.9 Å². The van der Waals surface area contributed by atoms with Crippen LogP contribution < -0.4 is 55.4 Å². The number of carboxylic acid groups (broad SMARTS) is 2. The first-order chi connectivity index (χ1) is 22.7. The number of hydrogen-bond donors (Lipinski definition) is 8. The molecule has 0 aliphatic rings. The number of aromatic carboxylic acids is 2. The minimum absolute atomic E-state index is 0. The van der Waals surface area contributed by atoms with Gasteiger partial charge in [0.25, 0.3) is 0 Å². The molecule has 0 aliphatic carbocycles. The summed E-state index contributed by atoms with van der Waals surface area (Å²) in [4.78, 5) is 22.7. The molecule has 0 bridgehead atoms. The summed E-state index contributed by atoms with van der Waals surface area (Å²) < 4.78 is 115. The van der Waals surface area contributed by atoms with Gasteiger partial charge in [-0.1, -0.05) is 6.08 Å². The maximum atomic E-state index is 12.3. The van der Waals surface area contributed by atoms with Crippen LogP contribution in [-0.2, 0) is 19.9 Å². The average molecular weight is 799 g/mol. The normalized spacial score (nSPS) is 10.7. The van der Waals surface area contributed by atoms with Gasteiger partial charge in [-0.25, -0.2) is 31.1 Å². The molecule has 16 nitrogen and oxygen atoms in total. The van der Waals surface area contributed by atoms with Gasteiger partial charge in [-0.15, -0.1) is 6.58 Å². The van der Waals surface area contributed by atoms with E-state index in [1.165, 1.54) is 30.0 Å². The standard InChI is InChI=1S/C11H13BF3NO6S.C8H10BNO4.C4H6F3NO2S.CN.B.Na/c1-16(2-3-23(21,22)11(13,14)15)9-5-7(10(17)18)4-8(6-9)12(19)20;1-10-7-3-5(8(11)12)2-6(4-7)9(13)14;1-2-3-8-11(9,10)4(5,6)7;1-2;;/h4-6,19-20H,2-3H2,1H3,(H,17,18);2-4,10,13-14H,1H3,(H,11,12);2,8H,1,3H2;;;/q;;;-1;;+1. The number of sulfonamides is 1. The van der Waals surface area contributed by atoms with E-state index in [9.17, 15) is 52.8 Å². The van der Waals surface area contributed by atoms with E-state index in [1.54, 1.807) is 7.05 Å². The van der Waals surface area contributed by atoms with Crippen LogP contribution in [0.5, 0.6) is 0 Å². The summed E-state index contributed by atoms with van der Waals surface area (Å²) >= 11 is 0. The number of hydrogen-bond acceptors (Lipinski definition) is 13. The Morgan fingerprint density at radius 3 is 1.63 bits per heavy atom. The molecule has 0 spiro atoms. The molecule has 0 heterocycles. The van der Waals surface area contributed by atoms with Gasteiger partial charge < -0.3 is 52.4 Å². The maximum absolute atomic E-state index is 12.3. The minimum Gasteiger partial charge on any atom is -0.512 e. The van der Waals surface area contributed by atoms with Crippen molar-refractivity contribution in [1.82, 2.24) is 4.72 Å². The van der Waals surface area contributed by atoms with Crippen LogP contribution in [0.2, 0.25) is 0 Å². The molecule has 2 aromatic rings. The molecule has 2 aromatic carbocycles. The molecule has 0 saturated heterocycles. The smallest absolute Gasteiger partial charge is 0.512 e. The van der Waals surface area contributed by atoms with Gasteiger partial charge >= 0.3 is 76.8 Å². The Kier molecular flexibility index (Phi) is 25.7. The number of sulfone groups is 1. The molecule has 2 rings (SSSR count). The monoisotopic (exact) mass is 799 g/mol. The number of carbonyl (C=O) groups is 2. The topological polar surface area (TPSA) is 275 Å². The number of anilines is 2. The Balaban J connectivity index is -0.000000342. The quantitative estimate of drug-likeness (QED) is 0.0439. The number of carboxylic acids is 2. The first kappa shape index (κ1) is 55.4. The van der Waals surface area contributed by atoms with E-state index < -0.39 is 75.9 Å². The number of alkyl halides is 6. The fourth-order valence-corrected chi connectivity index (χ4v) is 4.20. The Bertz CT molecular complexity index is 1700. The second kappa shape index (κ2) is 24.1. The molecule has 0 aromatic heterocycles. The third-order valence-electron chi connectivity index (χ3n) is 5.49. The van der Waals surface area contributed by atoms with Crippen molar-refractivity contribution in [2.45, 2.75) is 11.0 Å². The van der Waals surface area contributed by atoms with Crippen molar-refractivity contribution in [3.8, 4) is 0 Å². The van der Waals surface area contributed by atoms with Crippen LogP contribution >= 0.6 is 0 Å². The fraction of sp³-hybridized carbons (Fsp3) is 0.292. The first-order valence-electron chi connectivity index (χ1n) is 12.8. The van der Waals surface area contributed by atoms with Crippen molar-refractivity contribution < 1.29 is 113 Å². The third-order valence-corrected chi connectivity index (χ3v) is 8.07. The molecular formula is C24H29B3F6N4NaO12S2. The van der Waals surface area contributed by atoms with Gasteiger partial charge in [-0.05, 0) is 47.3 Å². The molecular weight excluding hydrogens is 770 g/mol. The Morgan fingerprint density at radius 1 is 0.865 bits per heavy atom. The number of benzene rings is 2. The summed E-state index contributed by atoms with van der Waals surface area (Å²) in [7, 11) is -11.3. The van der Waals surface area contributed by atoms with Crippen molar-refractivity contribution in [3.63, 3.8) is 0 Å². The van der Waals surface area contributed by atoms with Crippen LogP contribution in [0.1, 0.15) is 20.7 Å². The zero-order valence-corrected chi connectivity index (χ0v) is 30.8. The molecule has 0 saturated carbocycles. The first-order valence-corrected chi connectivity index (χ1v) is 15.9. The van der Waals surface area contributed by atoms with Crippen molar-refractivity contribution in [2.75, 3.05) is 43.2 Å². The number of halogens is 6. The van der Waals surface area contributed by atoms with E-state index in [-0.39, 0.29) is 65.7 Å². The molecule has 0 unspecified atom stereocenters. The van der Waals surface area contributed by atoms with Crippen LogP contribution in [-0.4, -0.2) is 126 Å². The molecule has 3 radical (unpaired) electrons. The molecule has 281 valence electrons. The van der Waals surface area contributed by atoms with Crippen LogP contribution in [0.4, 0.5) is 37.7 Å². The molecule has 0 fully saturated rings. The molecule has 0 aliphatic heterocycles. The summed E-state index contributed by atoms with van der Waals surface area (Å²) in [5.74, 6) is -3.71. The Labute approximate surface area is 318 Å². The van der Waals surface area contributed by atoms with Crippen molar-refractivity contribution >= 4 is 76.7 Å². The summed E-state index contributed by atoms with van der Waals surface area (Å²) in [5, 5.41) is 62.6. The Morgan fingerprint density at radius 2 is 1.29 bits per heavy atom. The molecule has 28 heteroatoms. The van der Waals surface area contributed by atoms with Crippen LogP contribution in [0.3, 0.4) is 0 Å². The van der Waals surface area contributed by atoms with Crippen molar-refractivity contribution in [3.05, 3.63) is 66.8 Å². The molecule has 0 atom stereocenters. The summed E-state index contributed by atoms with van der Waals surface area (Å²) in [6, 6.07) is 7.29. The average Bonchev–Trinajstić information content (AvgIpc) is 3.02. The van der Waals surface area contributed by atoms with Gasteiger partial charge in [-0.3, -0.25) is 0 Å². The molecule has 0 amide bonds. The van der Waals surface area contributed by atoms with Crippen LogP contribution in [0, 0.1) is 11.8 Å². The van der Waals surface area contributed by atoms with Crippen molar-refractivity contribution in [2.24, 2.45) is 0 Å². The predicted molar refractivity (Wildman–Crippen MR) is 173 cm³/mol. The van der Waals surface area contributed by atoms with Gasteiger partial charge in [0, 0.05) is 47.0 Å². The predicted octanol–water partition coefficient (Wildman–Crippen LogP) is -4.13.